The number of anilines is 1. The molecule has 0 radical (unpaired) electrons. The molecule has 1 aliphatic rings. The van der Waals surface area contributed by atoms with Crippen LogP contribution in [0.25, 0.3) is 0 Å². The molecule has 1 N–H and O–H groups in total. The number of hydrogen-bond acceptors (Lipinski definition) is 7. The summed E-state index contributed by atoms with van der Waals surface area (Å²) in [4.78, 5) is 25.1. The van der Waals surface area contributed by atoms with Gasteiger partial charge in [-0.05, 0) is 36.1 Å². The smallest absolute Gasteiger partial charge is 0.333 e. The van der Waals surface area contributed by atoms with Crippen LogP contribution in [0.4, 0.5) is 5.00 Å². The first-order valence-corrected chi connectivity index (χ1v) is 10.1. The van der Waals surface area contributed by atoms with Crippen LogP contribution in [0.15, 0.2) is 29.6 Å². The molecule has 1 atom stereocenters. The quantitative estimate of drug-likeness (QED) is 0.630. The van der Waals surface area contributed by atoms with Crippen LogP contribution < -0.4 is 19.1 Å². The van der Waals surface area contributed by atoms with Crippen molar-refractivity contribution < 1.29 is 33.6 Å². The monoisotopic (exact) mass is 421 g/mol. The van der Waals surface area contributed by atoms with Gasteiger partial charge in [-0.2, -0.15) is 0 Å². The van der Waals surface area contributed by atoms with E-state index in [1.165, 1.54) is 18.4 Å². The molecule has 0 fully saturated rings. The Balaban J connectivity index is 1.63. The van der Waals surface area contributed by atoms with Gasteiger partial charge in [0.2, 0.25) is 0 Å². The van der Waals surface area contributed by atoms with Gasteiger partial charge >= 0.3 is 5.97 Å². The number of thiophene rings is 1. The number of carbonyl (C=O) groups excluding carboxylic acids is 1. The Bertz CT molecular complexity index is 866. The molecule has 2 aromatic rings. The van der Waals surface area contributed by atoms with Gasteiger partial charge < -0.3 is 24.1 Å². The molecule has 2 heterocycles. The van der Waals surface area contributed by atoms with Crippen LogP contribution in [-0.2, 0) is 20.7 Å². The van der Waals surface area contributed by atoms with Crippen molar-refractivity contribution in [2.75, 3.05) is 38.4 Å². The highest BCUT2D eigenvalue weighted by Crippen LogP contribution is 2.37. The number of methoxy groups -OCH3 is 1. The van der Waals surface area contributed by atoms with Gasteiger partial charge in [-0.1, -0.05) is 6.07 Å². The van der Waals surface area contributed by atoms with Gasteiger partial charge in [0.25, 0.3) is 5.91 Å². The standard InChI is InChI=1S/C20H23NO7S/c1-3-26-17(20(23)24)11-13-4-5-14(16(10-13)25-2)27-8-7-21-18(22)12-28-15-6-9-29-19(15)21/h4-6,9-10,17H,3,7-8,11-12H2,1-2H3,(H,23,24). The normalized spacial score (nSPS) is 14.1. The molecule has 0 spiro atoms. The van der Waals surface area contributed by atoms with Crippen LogP contribution in [0.1, 0.15) is 12.5 Å². The maximum absolute atomic E-state index is 12.1. The van der Waals surface area contributed by atoms with E-state index in [1.807, 2.05) is 11.4 Å². The second kappa shape index (κ2) is 9.62. The number of ether oxygens (including phenoxy) is 4. The molecule has 3 rings (SSSR count). The van der Waals surface area contributed by atoms with E-state index in [2.05, 4.69) is 0 Å². The average Bonchev–Trinajstić information content (AvgIpc) is 3.19. The zero-order chi connectivity index (χ0) is 20.8. The van der Waals surface area contributed by atoms with E-state index in [0.717, 1.165) is 10.6 Å². The lowest BCUT2D eigenvalue weighted by molar-refractivity contribution is -0.149. The van der Waals surface area contributed by atoms with E-state index in [1.54, 1.807) is 30.0 Å². The molecule has 0 aliphatic carbocycles. The van der Waals surface area contributed by atoms with Gasteiger partial charge in [0.1, 0.15) is 11.6 Å². The number of fused-ring (bicyclic) bond motifs is 1. The number of hydrogen-bond donors (Lipinski definition) is 1. The van der Waals surface area contributed by atoms with Crippen LogP contribution in [0, 0.1) is 0 Å². The fourth-order valence-corrected chi connectivity index (χ4v) is 3.87. The van der Waals surface area contributed by atoms with Gasteiger partial charge in [0.05, 0.1) is 13.7 Å². The highest BCUT2D eigenvalue weighted by molar-refractivity contribution is 7.14. The van der Waals surface area contributed by atoms with Crippen LogP contribution in [0.5, 0.6) is 17.2 Å². The first-order chi connectivity index (χ1) is 14.0. The summed E-state index contributed by atoms with van der Waals surface area (Å²) in [7, 11) is 1.52. The first-order valence-electron chi connectivity index (χ1n) is 9.18. The van der Waals surface area contributed by atoms with E-state index < -0.39 is 12.1 Å². The maximum atomic E-state index is 12.1. The number of rotatable bonds is 10. The molecule has 1 unspecified atom stereocenters. The van der Waals surface area contributed by atoms with Gasteiger partial charge in [-0.25, -0.2) is 4.79 Å². The number of carboxylic acid groups (broad SMARTS) is 1. The zero-order valence-electron chi connectivity index (χ0n) is 16.3. The maximum Gasteiger partial charge on any atom is 0.333 e. The summed E-state index contributed by atoms with van der Waals surface area (Å²) in [5.41, 5.74) is 0.765. The molecule has 0 saturated heterocycles. The summed E-state index contributed by atoms with van der Waals surface area (Å²) < 4.78 is 21.9. The minimum Gasteiger partial charge on any atom is -0.493 e. The van der Waals surface area contributed by atoms with E-state index in [4.69, 9.17) is 18.9 Å². The lowest BCUT2D eigenvalue weighted by Crippen LogP contribution is -2.40. The Morgan fingerprint density at radius 3 is 2.90 bits per heavy atom. The molecular weight excluding hydrogens is 398 g/mol. The second-order valence-corrected chi connectivity index (χ2v) is 7.14. The molecule has 1 amide bonds. The van der Waals surface area contributed by atoms with Gasteiger partial charge in [-0.15, -0.1) is 11.3 Å². The number of benzene rings is 1. The van der Waals surface area contributed by atoms with Crippen LogP contribution >= 0.6 is 11.3 Å². The fourth-order valence-electron chi connectivity index (χ4n) is 2.99. The second-order valence-electron chi connectivity index (χ2n) is 6.24. The van der Waals surface area contributed by atoms with Gasteiger partial charge in [0, 0.05) is 13.0 Å². The van der Waals surface area contributed by atoms with E-state index in [9.17, 15) is 14.7 Å². The molecule has 1 aliphatic heterocycles. The SMILES string of the molecule is CCOC(Cc1ccc(OCCN2C(=O)COc3ccsc32)c(OC)c1)C(=O)O. The number of carboxylic acids is 1. The number of amides is 1. The summed E-state index contributed by atoms with van der Waals surface area (Å²) in [6, 6.07) is 7.09. The lowest BCUT2D eigenvalue weighted by atomic mass is 10.1. The zero-order valence-corrected chi connectivity index (χ0v) is 17.1. The van der Waals surface area contributed by atoms with Crippen LogP contribution in [0.2, 0.25) is 0 Å². The predicted molar refractivity (Wildman–Crippen MR) is 107 cm³/mol. The summed E-state index contributed by atoms with van der Waals surface area (Å²) >= 11 is 1.45. The van der Waals surface area contributed by atoms with Crippen molar-refractivity contribution in [3.8, 4) is 17.2 Å². The topological polar surface area (TPSA) is 94.5 Å². The van der Waals surface area contributed by atoms with Gasteiger partial charge in [0.15, 0.2) is 30.0 Å². The molecule has 29 heavy (non-hydrogen) atoms. The minimum atomic E-state index is -1.01. The van der Waals surface area contributed by atoms with E-state index in [-0.39, 0.29) is 25.5 Å². The van der Waals surface area contributed by atoms with Crippen LogP contribution in [0.3, 0.4) is 0 Å². The third kappa shape index (κ3) is 4.99. The largest absolute Gasteiger partial charge is 0.493 e. The van der Waals surface area contributed by atoms with E-state index in [0.29, 0.717) is 30.4 Å². The summed E-state index contributed by atoms with van der Waals surface area (Å²) in [6.45, 7) is 2.75. The highest BCUT2D eigenvalue weighted by atomic mass is 32.1. The van der Waals surface area contributed by atoms with Crippen molar-refractivity contribution in [3.63, 3.8) is 0 Å². The van der Waals surface area contributed by atoms with Crippen LogP contribution in [-0.4, -0.2) is 56.6 Å². The summed E-state index contributed by atoms with van der Waals surface area (Å²) in [5.74, 6) is 0.606. The molecule has 0 bridgehead atoms. The molecule has 0 saturated carbocycles. The van der Waals surface area contributed by atoms with Crippen molar-refractivity contribution in [1.29, 1.82) is 0 Å². The minimum absolute atomic E-state index is 0.0202. The van der Waals surface area contributed by atoms with Crippen molar-refractivity contribution in [1.82, 2.24) is 0 Å². The Morgan fingerprint density at radius 1 is 1.34 bits per heavy atom. The first kappa shape index (κ1) is 20.9. The third-order valence-electron chi connectivity index (χ3n) is 4.37. The number of nitrogens with zero attached hydrogens (tertiary/aromatic N) is 1. The van der Waals surface area contributed by atoms with Crippen molar-refractivity contribution in [2.45, 2.75) is 19.4 Å². The highest BCUT2D eigenvalue weighted by Gasteiger charge is 2.26. The number of aliphatic carboxylic acids is 1. The molecule has 156 valence electrons. The summed E-state index contributed by atoms with van der Waals surface area (Å²) in [5, 5.41) is 11.9. The molecule has 1 aromatic heterocycles. The van der Waals surface area contributed by atoms with E-state index >= 15 is 0 Å². The predicted octanol–water partition coefficient (Wildman–Crippen LogP) is 2.59. The molecule has 1 aromatic carbocycles. The van der Waals surface area contributed by atoms with Crippen molar-refractivity contribution >= 4 is 28.2 Å². The number of carbonyl (C=O) groups is 2. The Hall–Kier alpha value is -2.78. The Morgan fingerprint density at radius 2 is 2.17 bits per heavy atom. The molecule has 8 nitrogen and oxygen atoms in total. The van der Waals surface area contributed by atoms with Gasteiger partial charge in [-0.3, -0.25) is 9.69 Å². The van der Waals surface area contributed by atoms with Crippen molar-refractivity contribution in [2.24, 2.45) is 0 Å². The third-order valence-corrected chi connectivity index (χ3v) is 5.29. The Labute approximate surface area is 172 Å². The molecule has 9 heteroatoms. The molecular formula is C20H23NO7S. The lowest BCUT2D eigenvalue weighted by Gasteiger charge is -2.26. The summed E-state index contributed by atoms with van der Waals surface area (Å²) in [6.07, 6.45) is -0.688. The Kier molecular flexibility index (Phi) is 6.95. The van der Waals surface area contributed by atoms with Crippen molar-refractivity contribution in [3.05, 3.63) is 35.2 Å². The fraction of sp³-hybridized carbons (Fsp3) is 0.400. The average molecular weight is 421 g/mol.